The molecule has 2 heterocycles. The molecular weight excluding hydrogens is 401 g/mol. The zero-order chi connectivity index (χ0) is 19.8. The molecular formula is C21H17Cl2NO4. The third kappa shape index (κ3) is 3.36. The maximum Gasteiger partial charge on any atom is 0.247 e. The lowest BCUT2D eigenvalue weighted by Crippen LogP contribution is -2.40. The van der Waals surface area contributed by atoms with Crippen LogP contribution in [0.25, 0.3) is 0 Å². The quantitative estimate of drug-likeness (QED) is 0.696. The third-order valence-corrected chi connectivity index (χ3v) is 5.72. The van der Waals surface area contributed by atoms with Crippen LogP contribution in [0.15, 0.2) is 42.5 Å². The predicted molar refractivity (Wildman–Crippen MR) is 106 cm³/mol. The van der Waals surface area contributed by atoms with Crippen LogP contribution in [0.4, 0.5) is 0 Å². The fraction of sp³-hybridized carbons (Fsp3) is 0.238. The Bertz CT molecular complexity index is 1000. The average molecular weight is 418 g/mol. The molecule has 4 rings (SSSR count). The van der Waals surface area contributed by atoms with E-state index in [0.29, 0.717) is 34.5 Å². The van der Waals surface area contributed by atoms with Gasteiger partial charge in [-0.1, -0.05) is 35.3 Å². The number of ether oxygens (including phenoxy) is 2. The summed E-state index contributed by atoms with van der Waals surface area (Å²) in [7, 11) is 0. The van der Waals surface area contributed by atoms with Crippen molar-refractivity contribution in [3.8, 4) is 11.5 Å². The SMILES string of the molecule is CC(=O)/C=C\C(=O)N1CCc2cc3c(cc2C1c1cccc(Cl)c1Cl)OCO3. The summed E-state index contributed by atoms with van der Waals surface area (Å²) in [5, 5.41) is 0.812. The highest BCUT2D eigenvalue weighted by molar-refractivity contribution is 6.42. The number of nitrogens with zero attached hydrogens (tertiary/aromatic N) is 1. The van der Waals surface area contributed by atoms with Crippen LogP contribution in [0.5, 0.6) is 11.5 Å². The average Bonchev–Trinajstić information content (AvgIpc) is 3.13. The van der Waals surface area contributed by atoms with Crippen LogP contribution in [0, 0.1) is 0 Å². The molecule has 1 atom stereocenters. The van der Waals surface area contributed by atoms with Crippen molar-refractivity contribution >= 4 is 34.9 Å². The summed E-state index contributed by atoms with van der Waals surface area (Å²) >= 11 is 12.8. The smallest absolute Gasteiger partial charge is 0.247 e. The topological polar surface area (TPSA) is 55.8 Å². The number of fused-ring (bicyclic) bond motifs is 2. The van der Waals surface area contributed by atoms with Crippen molar-refractivity contribution in [1.82, 2.24) is 4.90 Å². The number of ketones is 1. The molecule has 2 aromatic rings. The van der Waals surface area contributed by atoms with E-state index in [2.05, 4.69) is 0 Å². The van der Waals surface area contributed by atoms with Crippen LogP contribution in [-0.4, -0.2) is 29.9 Å². The van der Waals surface area contributed by atoms with Crippen LogP contribution in [0.2, 0.25) is 10.0 Å². The molecule has 0 N–H and O–H groups in total. The molecule has 7 heteroatoms. The van der Waals surface area contributed by atoms with Crippen LogP contribution >= 0.6 is 23.2 Å². The van der Waals surface area contributed by atoms with Crippen molar-refractivity contribution < 1.29 is 19.1 Å². The van der Waals surface area contributed by atoms with Gasteiger partial charge in [0.25, 0.3) is 0 Å². The molecule has 1 unspecified atom stereocenters. The summed E-state index contributed by atoms with van der Waals surface area (Å²) in [6.07, 6.45) is 3.22. The number of carbonyl (C=O) groups excluding carboxylic acids is 2. The summed E-state index contributed by atoms with van der Waals surface area (Å²) < 4.78 is 11.0. The molecule has 144 valence electrons. The molecule has 0 saturated heterocycles. The lowest BCUT2D eigenvalue weighted by Gasteiger charge is -2.37. The number of halogens is 2. The van der Waals surface area contributed by atoms with Crippen molar-refractivity contribution in [1.29, 1.82) is 0 Å². The fourth-order valence-corrected chi connectivity index (χ4v) is 4.01. The Balaban J connectivity index is 1.85. The van der Waals surface area contributed by atoms with Gasteiger partial charge in [-0.05, 0) is 54.3 Å². The summed E-state index contributed by atoms with van der Waals surface area (Å²) in [6.45, 7) is 2.05. The van der Waals surface area contributed by atoms with E-state index in [1.165, 1.54) is 19.1 Å². The maximum absolute atomic E-state index is 12.9. The first-order chi connectivity index (χ1) is 13.5. The van der Waals surface area contributed by atoms with E-state index in [0.717, 1.165) is 16.7 Å². The van der Waals surface area contributed by atoms with E-state index in [9.17, 15) is 9.59 Å². The van der Waals surface area contributed by atoms with Gasteiger partial charge in [-0.3, -0.25) is 9.59 Å². The van der Waals surface area contributed by atoms with Gasteiger partial charge in [0.2, 0.25) is 12.7 Å². The summed E-state index contributed by atoms with van der Waals surface area (Å²) in [6, 6.07) is 8.77. The van der Waals surface area contributed by atoms with Crippen molar-refractivity contribution in [2.75, 3.05) is 13.3 Å². The molecule has 0 aliphatic carbocycles. The van der Waals surface area contributed by atoms with Crippen molar-refractivity contribution in [2.24, 2.45) is 0 Å². The Hall–Kier alpha value is -2.50. The number of carbonyl (C=O) groups is 2. The van der Waals surface area contributed by atoms with Crippen molar-refractivity contribution in [2.45, 2.75) is 19.4 Å². The molecule has 0 aromatic heterocycles. The van der Waals surface area contributed by atoms with Gasteiger partial charge >= 0.3 is 0 Å². The molecule has 0 fully saturated rings. The number of benzene rings is 2. The normalized spacial score (nSPS) is 17.7. The van der Waals surface area contributed by atoms with Gasteiger partial charge in [0.15, 0.2) is 17.3 Å². The van der Waals surface area contributed by atoms with Crippen molar-refractivity contribution in [3.63, 3.8) is 0 Å². The number of hydrogen-bond donors (Lipinski definition) is 0. The molecule has 5 nitrogen and oxygen atoms in total. The molecule has 2 aliphatic heterocycles. The Kier molecular flexibility index (Phi) is 5.04. The summed E-state index contributed by atoms with van der Waals surface area (Å²) in [5.74, 6) is 0.882. The van der Waals surface area contributed by atoms with Gasteiger partial charge in [0.05, 0.1) is 16.1 Å². The molecule has 2 aromatic carbocycles. The first kappa shape index (κ1) is 18.8. The second kappa shape index (κ2) is 7.49. The number of allylic oxidation sites excluding steroid dienone is 1. The summed E-state index contributed by atoms with van der Waals surface area (Å²) in [4.78, 5) is 25.9. The van der Waals surface area contributed by atoms with Crippen LogP contribution in [0.1, 0.15) is 29.7 Å². The zero-order valence-corrected chi connectivity index (χ0v) is 16.6. The largest absolute Gasteiger partial charge is 0.454 e. The van der Waals surface area contributed by atoms with Gasteiger partial charge in [-0.15, -0.1) is 0 Å². The monoisotopic (exact) mass is 417 g/mol. The van der Waals surface area contributed by atoms with Gasteiger partial charge in [-0.25, -0.2) is 0 Å². The minimum atomic E-state index is -0.450. The van der Waals surface area contributed by atoms with Gasteiger partial charge in [0, 0.05) is 12.6 Å². The standard InChI is InChI=1S/C21H17Cl2NO4/c1-12(25)5-6-19(26)24-8-7-13-9-17-18(28-11-27-17)10-15(13)21(24)14-3-2-4-16(22)20(14)23/h2-6,9-10,21H,7-8,11H2,1H3/b6-5-. The minimum absolute atomic E-state index is 0.171. The van der Waals surface area contributed by atoms with Crippen LogP contribution in [0.3, 0.4) is 0 Å². The molecule has 0 saturated carbocycles. The molecule has 2 aliphatic rings. The zero-order valence-electron chi connectivity index (χ0n) is 15.1. The highest BCUT2D eigenvalue weighted by atomic mass is 35.5. The second-order valence-electron chi connectivity index (χ2n) is 6.68. The highest BCUT2D eigenvalue weighted by Gasteiger charge is 2.34. The molecule has 0 spiro atoms. The number of amides is 1. The Morgan fingerprint density at radius 3 is 2.61 bits per heavy atom. The van der Waals surface area contributed by atoms with E-state index >= 15 is 0 Å². The predicted octanol–water partition coefficient (Wildman–Crippen LogP) is 4.34. The molecule has 0 bridgehead atoms. The van der Waals surface area contributed by atoms with Crippen LogP contribution in [-0.2, 0) is 16.0 Å². The van der Waals surface area contributed by atoms with E-state index < -0.39 is 6.04 Å². The molecule has 0 radical (unpaired) electrons. The number of hydrogen-bond acceptors (Lipinski definition) is 4. The summed E-state index contributed by atoms with van der Waals surface area (Å²) in [5.41, 5.74) is 2.69. The lowest BCUT2D eigenvalue weighted by molar-refractivity contribution is -0.128. The van der Waals surface area contributed by atoms with E-state index in [1.54, 1.807) is 17.0 Å². The third-order valence-electron chi connectivity index (χ3n) is 4.88. The lowest BCUT2D eigenvalue weighted by atomic mass is 9.87. The van der Waals surface area contributed by atoms with Crippen LogP contribution < -0.4 is 9.47 Å². The number of rotatable bonds is 3. The van der Waals surface area contributed by atoms with E-state index in [4.69, 9.17) is 32.7 Å². The highest BCUT2D eigenvalue weighted by Crippen LogP contribution is 2.45. The van der Waals surface area contributed by atoms with Gasteiger partial charge < -0.3 is 14.4 Å². The maximum atomic E-state index is 12.9. The van der Waals surface area contributed by atoms with Crippen molar-refractivity contribution in [3.05, 3.63) is 69.2 Å². The van der Waals surface area contributed by atoms with E-state index in [-0.39, 0.29) is 18.5 Å². The first-order valence-electron chi connectivity index (χ1n) is 8.81. The Morgan fingerprint density at radius 2 is 1.86 bits per heavy atom. The Labute approximate surface area is 172 Å². The second-order valence-corrected chi connectivity index (χ2v) is 7.46. The molecule has 28 heavy (non-hydrogen) atoms. The molecule has 1 amide bonds. The van der Waals surface area contributed by atoms with Gasteiger partial charge in [0.1, 0.15) is 0 Å². The Morgan fingerprint density at radius 1 is 1.11 bits per heavy atom. The fourth-order valence-electron chi connectivity index (χ4n) is 3.60. The minimum Gasteiger partial charge on any atom is -0.454 e. The first-order valence-corrected chi connectivity index (χ1v) is 9.57. The van der Waals surface area contributed by atoms with E-state index in [1.807, 2.05) is 18.2 Å². The van der Waals surface area contributed by atoms with Gasteiger partial charge in [-0.2, -0.15) is 0 Å².